The minimum atomic E-state index is -0.688. The molecule has 14 heavy (non-hydrogen) atoms. The number of terminal acetylenes is 2. The summed E-state index contributed by atoms with van der Waals surface area (Å²) < 4.78 is 0. The Kier molecular flexibility index (Phi) is 2.81. The Hall–Kier alpha value is -1.48. The van der Waals surface area contributed by atoms with Gasteiger partial charge in [-0.25, -0.2) is 0 Å². The van der Waals surface area contributed by atoms with Crippen LogP contribution in [-0.2, 0) is 9.59 Å². The van der Waals surface area contributed by atoms with Crippen molar-refractivity contribution in [2.24, 2.45) is 0 Å². The van der Waals surface area contributed by atoms with Crippen LogP contribution in [0.3, 0.4) is 0 Å². The SMILES string of the molecule is C#CC1=C(C#C)C(=O)C(Cl)=C(Cl)C1=O. The molecule has 1 rings (SSSR count). The number of hydrogen-bond acceptors (Lipinski definition) is 2. The van der Waals surface area contributed by atoms with Crippen molar-refractivity contribution >= 4 is 34.8 Å². The van der Waals surface area contributed by atoms with Crippen LogP contribution in [0.2, 0.25) is 0 Å². The maximum atomic E-state index is 11.4. The van der Waals surface area contributed by atoms with Crippen LogP contribution in [0, 0.1) is 24.7 Å². The molecule has 0 atom stereocenters. The van der Waals surface area contributed by atoms with Gasteiger partial charge in [-0.05, 0) is 0 Å². The number of carbonyl (C=O) groups is 2. The Bertz CT molecular complexity index is 437. The lowest BCUT2D eigenvalue weighted by atomic mass is 9.95. The standard InChI is InChI=1S/C10H2Cl2O2/c1-3-5-6(4-2)10(14)8(12)7(11)9(5)13/h1-2H. The molecule has 2 nitrogen and oxygen atoms in total. The smallest absolute Gasteiger partial charge is 0.215 e. The summed E-state index contributed by atoms with van der Waals surface area (Å²) in [4.78, 5) is 22.7. The van der Waals surface area contributed by atoms with Crippen LogP contribution in [0.15, 0.2) is 21.2 Å². The Morgan fingerprint density at radius 2 is 1.14 bits per heavy atom. The maximum absolute atomic E-state index is 11.4. The number of carbonyl (C=O) groups excluding carboxylic acids is 2. The lowest BCUT2D eigenvalue weighted by Gasteiger charge is -2.10. The van der Waals surface area contributed by atoms with E-state index in [1.54, 1.807) is 0 Å². The molecule has 0 amide bonds. The fourth-order valence-corrected chi connectivity index (χ4v) is 1.28. The molecule has 0 fully saturated rings. The van der Waals surface area contributed by atoms with Crippen molar-refractivity contribution in [1.29, 1.82) is 0 Å². The average molecular weight is 225 g/mol. The molecule has 0 N–H and O–H groups in total. The number of rotatable bonds is 0. The first-order chi connectivity index (χ1) is 6.54. The molecule has 0 bridgehead atoms. The number of hydrogen-bond donors (Lipinski definition) is 0. The normalized spacial score (nSPS) is 16.9. The molecule has 68 valence electrons. The Balaban J connectivity index is 3.51. The second-order valence-corrected chi connectivity index (χ2v) is 3.08. The molecule has 0 unspecified atom stereocenters. The largest absolute Gasteiger partial charge is 0.287 e. The zero-order chi connectivity index (χ0) is 10.9. The zero-order valence-corrected chi connectivity index (χ0v) is 8.24. The number of Topliss-reactive ketones (excluding diaryl/α,β-unsaturated/α-hetero) is 2. The molecule has 0 saturated heterocycles. The third-order valence-electron chi connectivity index (χ3n) is 1.58. The molecule has 0 radical (unpaired) electrons. The van der Waals surface area contributed by atoms with Gasteiger partial charge in [-0.1, -0.05) is 35.0 Å². The third kappa shape index (κ3) is 1.36. The van der Waals surface area contributed by atoms with E-state index in [9.17, 15) is 9.59 Å². The minimum absolute atomic E-state index is 0.216. The van der Waals surface area contributed by atoms with Crippen LogP contribution in [-0.4, -0.2) is 11.6 Å². The predicted octanol–water partition coefficient (Wildman–Crippen LogP) is 1.39. The van der Waals surface area contributed by atoms with Crippen molar-refractivity contribution in [2.45, 2.75) is 0 Å². The summed E-state index contributed by atoms with van der Waals surface area (Å²) in [7, 11) is 0. The summed E-state index contributed by atoms with van der Waals surface area (Å²) in [5.74, 6) is 2.67. The molecule has 0 spiro atoms. The van der Waals surface area contributed by atoms with E-state index in [0.717, 1.165) is 0 Å². The average Bonchev–Trinajstić information content (AvgIpc) is 2.20. The Labute approximate surface area is 90.6 Å². The molecule has 0 aromatic heterocycles. The van der Waals surface area contributed by atoms with Crippen LogP contribution in [0.4, 0.5) is 0 Å². The van der Waals surface area contributed by atoms with Gasteiger partial charge in [0.2, 0.25) is 11.6 Å². The van der Waals surface area contributed by atoms with Gasteiger partial charge in [0.05, 0.1) is 11.1 Å². The second-order valence-electron chi connectivity index (χ2n) is 2.32. The molecular weight excluding hydrogens is 223 g/mol. The van der Waals surface area contributed by atoms with Gasteiger partial charge in [-0.2, -0.15) is 0 Å². The number of ketones is 2. The molecule has 0 heterocycles. The van der Waals surface area contributed by atoms with Gasteiger partial charge in [-0.15, -0.1) is 12.8 Å². The van der Waals surface area contributed by atoms with Gasteiger partial charge in [0, 0.05) is 0 Å². The molecule has 4 heteroatoms. The van der Waals surface area contributed by atoms with Crippen LogP contribution in [0.25, 0.3) is 0 Å². The van der Waals surface area contributed by atoms with Crippen LogP contribution in [0.5, 0.6) is 0 Å². The van der Waals surface area contributed by atoms with E-state index in [0.29, 0.717) is 0 Å². The fourth-order valence-electron chi connectivity index (χ4n) is 0.921. The molecule has 0 saturated carbocycles. The van der Waals surface area contributed by atoms with E-state index in [1.165, 1.54) is 0 Å². The molecule has 0 aliphatic heterocycles. The molecule has 1 aliphatic carbocycles. The minimum Gasteiger partial charge on any atom is -0.287 e. The topological polar surface area (TPSA) is 34.1 Å². The van der Waals surface area contributed by atoms with E-state index < -0.39 is 11.6 Å². The van der Waals surface area contributed by atoms with Gasteiger partial charge in [0.25, 0.3) is 0 Å². The van der Waals surface area contributed by atoms with Gasteiger partial charge in [-0.3, -0.25) is 9.59 Å². The lowest BCUT2D eigenvalue weighted by Crippen LogP contribution is -2.18. The van der Waals surface area contributed by atoms with Gasteiger partial charge < -0.3 is 0 Å². The van der Waals surface area contributed by atoms with Gasteiger partial charge >= 0.3 is 0 Å². The highest BCUT2D eigenvalue weighted by Gasteiger charge is 2.31. The van der Waals surface area contributed by atoms with Crippen molar-refractivity contribution in [2.75, 3.05) is 0 Å². The van der Waals surface area contributed by atoms with Crippen molar-refractivity contribution in [3.05, 3.63) is 21.2 Å². The summed E-state index contributed by atoms with van der Waals surface area (Å²) in [5, 5.41) is -0.771. The first kappa shape index (κ1) is 10.6. The quantitative estimate of drug-likeness (QED) is 0.461. The Morgan fingerprint density at radius 1 is 0.857 bits per heavy atom. The van der Waals surface area contributed by atoms with E-state index in [1.807, 2.05) is 11.8 Å². The van der Waals surface area contributed by atoms with Crippen LogP contribution >= 0.6 is 23.2 Å². The summed E-state index contributed by atoms with van der Waals surface area (Å²) >= 11 is 11.0. The number of allylic oxidation sites excluding steroid dienone is 4. The monoisotopic (exact) mass is 224 g/mol. The van der Waals surface area contributed by atoms with E-state index in [-0.39, 0.29) is 21.2 Å². The first-order valence-electron chi connectivity index (χ1n) is 3.36. The van der Waals surface area contributed by atoms with Gasteiger partial charge in [0.1, 0.15) is 10.1 Å². The Morgan fingerprint density at radius 3 is 1.36 bits per heavy atom. The van der Waals surface area contributed by atoms with Gasteiger partial charge in [0.15, 0.2) is 0 Å². The summed E-state index contributed by atoms with van der Waals surface area (Å²) in [6, 6.07) is 0. The molecular formula is C10H2Cl2O2. The van der Waals surface area contributed by atoms with Crippen molar-refractivity contribution in [3.8, 4) is 24.7 Å². The van der Waals surface area contributed by atoms with Crippen LogP contribution in [0.1, 0.15) is 0 Å². The van der Waals surface area contributed by atoms with Crippen molar-refractivity contribution in [1.82, 2.24) is 0 Å². The zero-order valence-electron chi connectivity index (χ0n) is 6.73. The van der Waals surface area contributed by atoms with Crippen molar-refractivity contribution in [3.63, 3.8) is 0 Å². The molecule has 0 aromatic rings. The molecule has 0 aromatic carbocycles. The molecule has 1 aliphatic rings. The highest BCUT2D eigenvalue weighted by atomic mass is 35.5. The van der Waals surface area contributed by atoms with Crippen LogP contribution < -0.4 is 0 Å². The second kappa shape index (κ2) is 3.72. The van der Waals surface area contributed by atoms with Crippen molar-refractivity contribution < 1.29 is 9.59 Å². The summed E-state index contributed by atoms with van der Waals surface area (Å²) in [5.41, 5.74) is -0.432. The highest BCUT2D eigenvalue weighted by Crippen LogP contribution is 2.28. The summed E-state index contributed by atoms with van der Waals surface area (Å²) in [6.07, 6.45) is 10.1. The highest BCUT2D eigenvalue weighted by molar-refractivity contribution is 6.59. The lowest BCUT2D eigenvalue weighted by molar-refractivity contribution is -0.115. The first-order valence-corrected chi connectivity index (χ1v) is 4.12. The third-order valence-corrected chi connectivity index (χ3v) is 2.40. The van der Waals surface area contributed by atoms with E-state index in [2.05, 4.69) is 0 Å². The van der Waals surface area contributed by atoms with E-state index >= 15 is 0 Å². The fraction of sp³-hybridized carbons (Fsp3) is 0. The predicted molar refractivity (Wildman–Crippen MR) is 53.4 cm³/mol. The maximum Gasteiger partial charge on any atom is 0.215 e. The number of halogens is 2. The summed E-state index contributed by atoms with van der Waals surface area (Å²) in [6.45, 7) is 0. The van der Waals surface area contributed by atoms with E-state index in [4.69, 9.17) is 36.0 Å².